The predicted molar refractivity (Wildman–Crippen MR) is 298 cm³/mol. The molecule has 0 saturated heterocycles. The molecule has 71 heavy (non-hydrogen) atoms. The van der Waals surface area contributed by atoms with E-state index in [9.17, 15) is 0 Å². The minimum atomic E-state index is -0.0496. The molecule has 5 heteroatoms. The Balaban J connectivity index is 1.01. The number of para-hydroxylation sites is 5. The smallest absolute Gasteiger partial charge is 0.252 e. The Kier molecular flexibility index (Phi) is 8.72. The number of anilines is 6. The van der Waals surface area contributed by atoms with Crippen molar-refractivity contribution in [2.75, 3.05) is 9.80 Å². The summed E-state index contributed by atoms with van der Waals surface area (Å²) in [6, 6.07) is 93.2. The van der Waals surface area contributed by atoms with Crippen molar-refractivity contribution >= 4 is 101 Å². The number of hydrogen-bond donors (Lipinski definition) is 0. The molecule has 2 aromatic heterocycles. The van der Waals surface area contributed by atoms with Crippen LogP contribution in [0.3, 0.4) is 0 Å². The van der Waals surface area contributed by atoms with Crippen LogP contribution in [0.1, 0.15) is 0 Å². The maximum Gasteiger partial charge on any atom is 0.252 e. The van der Waals surface area contributed by atoms with Crippen molar-refractivity contribution < 1.29 is 4.42 Å². The first-order chi connectivity index (χ1) is 35.2. The maximum absolute atomic E-state index is 6.37. The molecule has 0 unspecified atom stereocenters. The molecule has 0 fully saturated rings. The van der Waals surface area contributed by atoms with Gasteiger partial charge < -0.3 is 18.8 Å². The molecule has 13 aromatic rings. The molecule has 2 aliphatic rings. The lowest BCUT2D eigenvalue weighted by atomic mass is 9.33. The Morgan fingerprint density at radius 1 is 0.310 bits per heavy atom. The highest BCUT2D eigenvalue weighted by atomic mass is 16.3. The van der Waals surface area contributed by atoms with Gasteiger partial charge in [0.2, 0.25) is 0 Å². The highest BCUT2D eigenvalue weighted by Gasteiger charge is 2.44. The average Bonchev–Trinajstić information content (AvgIpc) is 3.99. The monoisotopic (exact) mass is 903 g/mol. The zero-order valence-corrected chi connectivity index (χ0v) is 38.6. The third kappa shape index (κ3) is 6.00. The third-order valence-electron chi connectivity index (χ3n) is 15.0. The number of benzene rings is 11. The van der Waals surface area contributed by atoms with Gasteiger partial charge in [-0.05, 0) is 129 Å². The molecule has 0 spiro atoms. The summed E-state index contributed by atoms with van der Waals surface area (Å²) >= 11 is 0. The summed E-state index contributed by atoms with van der Waals surface area (Å²) in [5.74, 6) is 0. The van der Waals surface area contributed by atoms with Crippen molar-refractivity contribution in [3.8, 4) is 39.1 Å². The second kappa shape index (κ2) is 15.6. The number of nitrogens with zero attached hydrogens (tertiary/aromatic N) is 3. The van der Waals surface area contributed by atoms with Gasteiger partial charge in [0.15, 0.2) is 0 Å². The Bertz CT molecular complexity index is 4240. The van der Waals surface area contributed by atoms with Crippen molar-refractivity contribution in [1.82, 2.24) is 4.57 Å². The molecule has 15 rings (SSSR count). The van der Waals surface area contributed by atoms with E-state index < -0.39 is 0 Å². The summed E-state index contributed by atoms with van der Waals surface area (Å²) in [6.07, 6.45) is 0. The molecule has 0 aliphatic carbocycles. The fraction of sp³-hybridized carbons (Fsp3) is 0. The molecular formula is C66H42BN3O. The molecule has 4 heterocycles. The zero-order valence-electron chi connectivity index (χ0n) is 38.6. The molecular weight excluding hydrogens is 862 g/mol. The van der Waals surface area contributed by atoms with Gasteiger partial charge in [0.25, 0.3) is 6.71 Å². The van der Waals surface area contributed by atoms with Gasteiger partial charge in [-0.2, -0.15) is 0 Å². The van der Waals surface area contributed by atoms with E-state index in [1.54, 1.807) is 0 Å². The lowest BCUT2D eigenvalue weighted by Crippen LogP contribution is -2.61. The maximum atomic E-state index is 6.37. The van der Waals surface area contributed by atoms with Gasteiger partial charge in [-0.1, -0.05) is 176 Å². The molecule has 0 atom stereocenters. The molecule has 0 radical (unpaired) electrons. The Morgan fingerprint density at radius 3 is 1.62 bits per heavy atom. The Labute approximate surface area is 411 Å². The van der Waals surface area contributed by atoms with Crippen LogP contribution in [-0.2, 0) is 0 Å². The highest BCUT2D eigenvalue weighted by molar-refractivity contribution is 7.00. The third-order valence-corrected chi connectivity index (χ3v) is 15.0. The van der Waals surface area contributed by atoms with Crippen molar-refractivity contribution in [3.05, 3.63) is 255 Å². The van der Waals surface area contributed by atoms with E-state index in [1.165, 1.54) is 60.8 Å². The largest absolute Gasteiger partial charge is 0.456 e. The van der Waals surface area contributed by atoms with Crippen LogP contribution >= 0.6 is 0 Å². The van der Waals surface area contributed by atoms with E-state index in [2.05, 4.69) is 263 Å². The van der Waals surface area contributed by atoms with Crippen LogP contribution in [0, 0.1) is 0 Å². The number of fused-ring (bicyclic) bond motifs is 10. The predicted octanol–water partition coefficient (Wildman–Crippen LogP) is 15.8. The van der Waals surface area contributed by atoms with Gasteiger partial charge in [-0.15, -0.1) is 0 Å². The first-order valence-electron chi connectivity index (χ1n) is 24.5. The van der Waals surface area contributed by atoms with Crippen molar-refractivity contribution in [3.63, 3.8) is 0 Å². The van der Waals surface area contributed by atoms with Crippen LogP contribution in [0.5, 0.6) is 0 Å². The number of furan rings is 1. The summed E-state index contributed by atoms with van der Waals surface area (Å²) in [5, 5.41) is 4.68. The normalized spacial score (nSPS) is 12.7. The summed E-state index contributed by atoms with van der Waals surface area (Å²) < 4.78 is 8.86. The highest BCUT2D eigenvalue weighted by Crippen LogP contribution is 2.48. The molecule has 0 saturated carbocycles. The lowest BCUT2D eigenvalue weighted by Gasteiger charge is -2.44. The molecule has 11 aromatic carbocycles. The number of rotatable bonds is 6. The summed E-state index contributed by atoms with van der Waals surface area (Å²) in [5.41, 5.74) is 23.1. The van der Waals surface area contributed by atoms with Crippen LogP contribution in [0.25, 0.3) is 82.8 Å². The summed E-state index contributed by atoms with van der Waals surface area (Å²) in [4.78, 5) is 5.01. The van der Waals surface area contributed by atoms with Crippen molar-refractivity contribution in [2.24, 2.45) is 0 Å². The Morgan fingerprint density at radius 2 is 0.859 bits per heavy atom. The second-order valence-electron chi connectivity index (χ2n) is 18.8. The molecule has 0 amide bonds. The fourth-order valence-electron chi connectivity index (χ4n) is 12.0. The zero-order chi connectivity index (χ0) is 46.6. The van der Waals surface area contributed by atoms with Gasteiger partial charge in [0.1, 0.15) is 11.2 Å². The first-order valence-corrected chi connectivity index (χ1v) is 24.5. The van der Waals surface area contributed by atoms with Crippen molar-refractivity contribution in [1.29, 1.82) is 0 Å². The molecule has 330 valence electrons. The number of aromatic nitrogens is 1. The van der Waals surface area contributed by atoms with E-state index in [0.29, 0.717) is 0 Å². The van der Waals surface area contributed by atoms with E-state index in [1.807, 2.05) is 6.07 Å². The van der Waals surface area contributed by atoms with Crippen LogP contribution in [-0.4, -0.2) is 11.3 Å². The van der Waals surface area contributed by atoms with E-state index in [0.717, 1.165) is 72.5 Å². The summed E-state index contributed by atoms with van der Waals surface area (Å²) in [6.45, 7) is -0.0496. The van der Waals surface area contributed by atoms with Gasteiger partial charge in [-0.3, -0.25) is 0 Å². The first kappa shape index (κ1) is 39.7. The molecule has 4 nitrogen and oxygen atoms in total. The topological polar surface area (TPSA) is 24.6 Å². The van der Waals surface area contributed by atoms with Crippen LogP contribution in [0.2, 0.25) is 0 Å². The SMILES string of the molecule is c1ccc(-c2ccccc2-c2ccc3c(c2)B2c4ccccc4N(c4ccccc4)c4cc(-n5c6ccccc6c6cc(-c7cccc8oc9ccccc9c78)ccc65)cc(c42)N3c2ccccc2)cc1. The standard InChI is InChI=1S/C66H42BN3O/c1-4-19-43(20-5-1)49-25-10-11-26-50(49)45-36-38-60-56(40-45)67-55-30-14-16-32-59(55)68(46-21-6-2-7-22-46)61-41-48(42-62(66(61)67)69(60)47-23-8-3-9-24-47)70-57-31-15-12-27-52(57)54-39-44(35-37-58(54)70)51-29-18-34-64-65(51)53-28-13-17-33-63(53)71-64/h1-42H. The van der Waals surface area contributed by atoms with Gasteiger partial charge in [-0.25, -0.2) is 0 Å². The van der Waals surface area contributed by atoms with Crippen LogP contribution in [0.4, 0.5) is 34.1 Å². The number of hydrogen-bond acceptors (Lipinski definition) is 3. The minimum absolute atomic E-state index is 0.0496. The van der Waals surface area contributed by atoms with Gasteiger partial charge in [0, 0.05) is 55.7 Å². The minimum Gasteiger partial charge on any atom is -0.456 e. The van der Waals surface area contributed by atoms with Crippen molar-refractivity contribution in [2.45, 2.75) is 0 Å². The van der Waals surface area contributed by atoms with Crippen LogP contribution < -0.4 is 26.2 Å². The summed E-state index contributed by atoms with van der Waals surface area (Å²) in [7, 11) is 0. The van der Waals surface area contributed by atoms with E-state index >= 15 is 0 Å². The van der Waals surface area contributed by atoms with Crippen LogP contribution in [0.15, 0.2) is 259 Å². The van der Waals surface area contributed by atoms with Gasteiger partial charge >= 0.3 is 0 Å². The molecule has 2 aliphatic heterocycles. The van der Waals surface area contributed by atoms with E-state index in [4.69, 9.17) is 4.42 Å². The average molecular weight is 904 g/mol. The fourth-order valence-corrected chi connectivity index (χ4v) is 12.0. The quantitative estimate of drug-likeness (QED) is 0.155. The second-order valence-corrected chi connectivity index (χ2v) is 18.8. The molecule has 0 N–H and O–H groups in total. The lowest BCUT2D eigenvalue weighted by molar-refractivity contribution is 0.669. The van der Waals surface area contributed by atoms with Gasteiger partial charge in [0.05, 0.1) is 16.7 Å². The molecule has 0 bridgehead atoms. The van der Waals surface area contributed by atoms with E-state index in [-0.39, 0.29) is 6.71 Å². The Hall–Kier alpha value is -9.32.